The van der Waals surface area contributed by atoms with E-state index in [1.54, 1.807) is 7.11 Å². The van der Waals surface area contributed by atoms with Crippen molar-refractivity contribution in [3.63, 3.8) is 0 Å². The van der Waals surface area contributed by atoms with Gasteiger partial charge in [0.05, 0.1) is 16.8 Å². The number of methoxy groups -OCH3 is 1. The molecule has 0 radical (unpaired) electrons. The van der Waals surface area contributed by atoms with Crippen LogP contribution in [0, 0.1) is 6.92 Å². The van der Waals surface area contributed by atoms with Crippen molar-refractivity contribution in [2.45, 2.75) is 13.3 Å². The number of hydrogen-bond acceptors (Lipinski definition) is 4. The number of aryl methyl sites for hydroxylation is 1. The molecule has 2 aromatic heterocycles. The summed E-state index contributed by atoms with van der Waals surface area (Å²) >= 11 is 1.50. The van der Waals surface area contributed by atoms with E-state index in [9.17, 15) is 4.79 Å². The van der Waals surface area contributed by atoms with Crippen molar-refractivity contribution < 1.29 is 4.74 Å². The normalized spacial score (nSPS) is 11.3. The number of H-pyrrole nitrogens is 1. The smallest absolute Gasteiger partial charge is 0.276 e. The van der Waals surface area contributed by atoms with Gasteiger partial charge in [0, 0.05) is 24.8 Å². The first kappa shape index (κ1) is 13.1. The highest BCUT2D eigenvalue weighted by Gasteiger charge is 2.14. The van der Waals surface area contributed by atoms with Crippen LogP contribution in [0.5, 0.6) is 0 Å². The Morgan fingerprint density at radius 1 is 1.40 bits per heavy atom. The number of aromatic nitrogens is 3. The van der Waals surface area contributed by atoms with Crippen LogP contribution in [0.25, 0.3) is 15.3 Å². The van der Waals surface area contributed by atoms with E-state index >= 15 is 0 Å². The number of benzene rings is 1. The zero-order valence-corrected chi connectivity index (χ0v) is 12.2. The maximum atomic E-state index is 12.4. The summed E-state index contributed by atoms with van der Waals surface area (Å²) in [6.07, 6.45) is 0.607. The van der Waals surface area contributed by atoms with Gasteiger partial charge in [-0.1, -0.05) is 23.5 Å². The zero-order chi connectivity index (χ0) is 14.1. The van der Waals surface area contributed by atoms with Gasteiger partial charge in [-0.3, -0.25) is 9.89 Å². The first-order chi connectivity index (χ1) is 9.70. The van der Waals surface area contributed by atoms with E-state index in [2.05, 4.69) is 10.1 Å². The van der Waals surface area contributed by atoms with Gasteiger partial charge in [0.2, 0.25) is 5.13 Å². The third kappa shape index (κ3) is 2.17. The molecule has 20 heavy (non-hydrogen) atoms. The fraction of sp³-hybridized carbons (Fsp3) is 0.286. The number of para-hydroxylation sites is 1. The molecule has 0 aliphatic carbocycles. The van der Waals surface area contributed by atoms with E-state index in [1.165, 1.54) is 16.0 Å². The Morgan fingerprint density at radius 2 is 2.20 bits per heavy atom. The van der Waals surface area contributed by atoms with Crippen molar-refractivity contribution in [2.24, 2.45) is 0 Å². The van der Waals surface area contributed by atoms with Gasteiger partial charge in [0.25, 0.3) is 5.56 Å². The molecule has 1 aromatic carbocycles. The van der Waals surface area contributed by atoms with E-state index in [-0.39, 0.29) is 5.56 Å². The van der Waals surface area contributed by atoms with Crippen molar-refractivity contribution in [1.29, 1.82) is 0 Å². The molecule has 1 N–H and O–H groups in total. The molecule has 0 atom stereocenters. The second-order valence-electron chi connectivity index (χ2n) is 4.56. The molecule has 0 saturated heterocycles. The molecule has 0 aliphatic heterocycles. The highest BCUT2D eigenvalue weighted by atomic mass is 32.1. The minimum Gasteiger partial charge on any atom is -0.384 e. The Labute approximate surface area is 119 Å². The highest BCUT2D eigenvalue weighted by molar-refractivity contribution is 7.20. The highest BCUT2D eigenvalue weighted by Crippen LogP contribution is 2.23. The lowest BCUT2D eigenvalue weighted by Crippen LogP contribution is -2.18. The first-order valence-corrected chi connectivity index (χ1v) is 7.17. The van der Waals surface area contributed by atoms with Crippen LogP contribution in [0.4, 0.5) is 0 Å². The zero-order valence-electron chi connectivity index (χ0n) is 11.3. The van der Waals surface area contributed by atoms with Gasteiger partial charge < -0.3 is 4.74 Å². The van der Waals surface area contributed by atoms with Gasteiger partial charge in [0.1, 0.15) is 0 Å². The molecule has 0 spiro atoms. The number of nitrogens with zero attached hydrogens (tertiary/aromatic N) is 2. The molecule has 0 unspecified atom stereocenters. The van der Waals surface area contributed by atoms with Gasteiger partial charge in [-0.25, -0.2) is 4.98 Å². The van der Waals surface area contributed by atoms with Crippen LogP contribution in [-0.2, 0) is 11.2 Å². The Hall–Kier alpha value is -1.92. The van der Waals surface area contributed by atoms with Gasteiger partial charge in [-0.05, 0) is 19.1 Å². The summed E-state index contributed by atoms with van der Waals surface area (Å²) in [5.41, 5.74) is 2.49. The van der Waals surface area contributed by atoms with Crippen LogP contribution in [0.2, 0.25) is 0 Å². The Balaban J connectivity index is 2.08. The van der Waals surface area contributed by atoms with Crippen LogP contribution in [0.3, 0.4) is 0 Å². The maximum Gasteiger partial charge on any atom is 0.276 e. The van der Waals surface area contributed by atoms with Gasteiger partial charge >= 0.3 is 0 Å². The molecular weight excluding hydrogens is 274 g/mol. The second-order valence-corrected chi connectivity index (χ2v) is 5.57. The minimum absolute atomic E-state index is 0.0430. The monoisotopic (exact) mass is 289 g/mol. The molecule has 104 valence electrons. The lowest BCUT2D eigenvalue weighted by molar-refractivity contribution is 0.202. The molecule has 0 amide bonds. The van der Waals surface area contributed by atoms with Crippen LogP contribution in [-0.4, -0.2) is 28.5 Å². The molecule has 2 heterocycles. The number of hydrogen-bond donors (Lipinski definition) is 1. The van der Waals surface area contributed by atoms with E-state index < -0.39 is 0 Å². The fourth-order valence-corrected chi connectivity index (χ4v) is 3.10. The summed E-state index contributed by atoms with van der Waals surface area (Å²) in [4.78, 5) is 16.9. The number of aromatic amines is 1. The summed E-state index contributed by atoms with van der Waals surface area (Å²) in [7, 11) is 1.63. The van der Waals surface area contributed by atoms with Gasteiger partial charge in [-0.15, -0.1) is 0 Å². The van der Waals surface area contributed by atoms with Crippen molar-refractivity contribution in [3.05, 3.63) is 45.9 Å². The minimum atomic E-state index is -0.0430. The summed E-state index contributed by atoms with van der Waals surface area (Å²) in [6, 6.07) is 7.86. The van der Waals surface area contributed by atoms with E-state index in [0.29, 0.717) is 18.2 Å². The molecule has 3 aromatic rings. The molecule has 0 saturated carbocycles. The predicted molar refractivity (Wildman–Crippen MR) is 79.9 cm³/mol. The number of ether oxygens (including phenoxy) is 1. The Bertz CT molecular complexity index is 767. The lowest BCUT2D eigenvalue weighted by atomic mass is 10.2. The number of fused-ring (bicyclic) bond motifs is 1. The van der Waals surface area contributed by atoms with E-state index in [0.717, 1.165) is 21.5 Å². The van der Waals surface area contributed by atoms with Crippen LogP contribution in [0.1, 0.15) is 11.3 Å². The second kappa shape index (κ2) is 5.22. The number of nitrogens with one attached hydrogen (secondary N) is 1. The Kier molecular flexibility index (Phi) is 3.42. The summed E-state index contributed by atoms with van der Waals surface area (Å²) in [5, 5.41) is 3.77. The molecule has 0 bridgehead atoms. The van der Waals surface area contributed by atoms with E-state index in [4.69, 9.17) is 4.74 Å². The molecule has 3 rings (SSSR count). The molecule has 0 fully saturated rings. The van der Waals surface area contributed by atoms with Crippen molar-refractivity contribution in [2.75, 3.05) is 13.7 Å². The Morgan fingerprint density at radius 3 is 2.95 bits per heavy atom. The largest absolute Gasteiger partial charge is 0.384 e. The summed E-state index contributed by atoms with van der Waals surface area (Å²) < 4.78 is 7.63. The first-order valence-electron chi connectivity index (χ1n) is 6.36. The lowest BCUT2D eigenvalue weighted by Gasteiger charge is -1.95. The van der Waals surface area contributed by atoms with Crippen LogP contribution in [0.15, 0.2) is 29.1 Å². The third-order valence-corrected chi connectivity index (χ3v) is 4.25. The summed E-state index contributed by atoms with van der Waals surface area (Å²) in [5.74, 6) is 0. The topological polar surface area (TPSA) is 59.9 Å². The summed E-state index contributed by atoms with van der Waals surface area (Å²) in [6.45, 7) is 2.43. The van der Waals surface area contributed by atoms with Crippen molar-refractivity contribution >= 4 is 21.6 Å². The maximum absolute atomic E-state index is 12.4. The SMILES string of the molecule is COCCc1c(C)[nH]n(-c2nc3ccccc3s2)c1=O. The number of rotatable bonds is 4. The third-order valence-electron chi connectivity index (χ3n) is 3.22. The quantitative estimate of drug-likeness (QED) is 0.801. The van der Waals surface area contributed by atoms with Crippen LogP contribution >= 0.6 is 11.3 Å². The average Bonchev–Trinajstić information content (AvgIpc) is 2.98. The average molecular weight is 289 g/mol. The molecule has 6 heteroatoms. The van der Waals surface area contributed by atoms with Gasteiger partial charge in [0.15, 0.2) is 0 Å². The van der Waals surface area contributed by atoms with Gasteiger partial charge in [-0.2, -0.15) is 4.68 Å². The van der Waals surface area contributed by atoms with Crippen molar-refractivity contribution in [3.8, 4) is 5.13 Å². The van der Waals surface area contributed by atoms with E-state index in [1.807, 2.05) is 31.2 Å². The fourth-order valence-electron chi connectivity index (χ4n) is 2.17. The van der Waals surface area contributed by atoms with Crippen LogP contribution < -0.4 is 5.56 Å². The molecule has 0 aliphatic rings. The molecular formula is C14H15N3O2S. The standard InChI is InChI=1S/C14H15N3O2S/c1-9-10(7-8-19-2)13(18)17(16-9)14-15-11-5-3-4-6-12(11)20-14/h3-6,16H,7-8H2,1-2H3. The van der Waals surface area contributed by atoms with Crippen molar-refractivity contribution in [1.82, 2.24) is 14.8 Å². The number of thiazole rings is 1. The predicted octanol–water partition coefficient (Wildman–Crippen LogP) is 2.27. The molecule has 5 nitrogen and oxygen atoms in total.